The lowest BCUT2D eigenvalue weighted by molar-refractivity contribution is 0.417. The molecule has 0 aliphatic carbocycles. The zero-order valence-electron chi connectivity index (χ0n) is 13.4. The van der Waals surface area contributed by atoms with E-state index in [0.29, 0.717) is 17.5 Å². The molecule has 4 nitrogen and oxygen atoms in total. The summed E-state index contributed by atoms with van der Waals surface area (Å²) >= 11 is 0. The number of aromatic nitrogens is 2. The van der Waals surface area contributed by atoms with E-state index in [1.165, 1.54) is 5.56 Å². The fourth-order valence-electron chi connectivity index (χ4n) is 2.79. The Balaban J connectivity index is 2.28. The van der Waals surface area contributed by atoms with Crippen LogP contribution in [0.1, 0.15) is 25.5 Å². The average molecular weight is 295 g/mol. The molecule has 3 rings (SSSR count). The predicted molar refractivity (Wildman–Crippen MR) is 91.3 cm³/mol. The van der Waals surface area contributed by atoms with Gasteiger partial charge in [0.25, 0.3) is 0 Å². The number of nitrogens with zero attached hydrogens (tertiary/aromatic N) is 2. The molecule has 22 heavy (non-hydrogen) atoms. The van der Waals surface area contributed by atoms with Crippen molar-refractivity contribution in [3.8, 4) is 17.1 Å². The largest absolute Gasteiger partial charge is 0.495 e. The van der Waals surface area contributed by atoms with Crippen LogP contribution in [0.3, 0.4) is 0 Å². The van der Waals surface area contributed by atoms with Gasteiger partial charge in [0.15, 0.2) is 0 Å². The highest BCUT2D eigenvalue weighted by atomic mass is 16.5. The summed E-state index contributed by atoms with van der Waals surface area (Å²) in [7, 11) is 1.63. The molecule has 0 aliphatic rings. The second-order valence-corrected chi connectivity index (χ2v) is 5.85. The first kappa shape index (κ1) is 14.4. The Bertz CT molecular complexity index is 834. The Morgan fingerprint density at radius 2 is 1.91 bits per heavy atom. The van der Waals surface area contributed by atoms with Crippen LogP contribution in [0.25, 0.3) is 22.4 Å². The van der Waals surface area contributed by atoms with Crippen molar-refractivity contribution in [2.75, 3.05) is 12.8 Å². The van der Waals surface area contributed by atoms with Crippen molar-refractivity contribution < 1.29 is 4.74 Å². The topological polar surface area (TPSA) is 53.1 Å². The molecule has 0 bridgehead atoms. The van der Waals surface area contributed by atoms with E-state index in [4.69, 9.17) is 15.5 Å². The summed E-state index contributed by atoms with van der Waals surface area (Å²) in [6.07, 6.45) is 0. The van der Waals surface area contributed by atoms with Gasteiger partial charge in [-0.25, -0.2) is 4.98 Å². The number of methoxy groups -OCH3 is 1. The molecule has 0 aliphatic heterocycles. The number of nitrogen functional groups attached to an aromatic ring is 1. The van der Waals surface area contributed by atoms with E-state index in [1.54, 1.807) is 7.11 Å². The molecule has 0 amide bonds. The van der Waals surface area contributed by atoms with E-state index in [-0.39, 0.29) is 0 Å². The third kappa shape index (κ3) is 2.30. The first-order valence-electron chi connectivity index (χ1n) is 7.43. The number of ether oxygens (including phenoxy) is 1. The van der Waals surface area contributed by atoms with Gasteiger partial charge in [-0.1, -0.05) is 6.07 Å². The fourth-order valence-corrected chi connectivity index (χ4v) is 2.79. The lowest BCUT2D eigenvalue weighted by Gasteiger charge is -2.14. The Morgan fingerprint density at radius 1 is 1.14 bits per heavy atom. The van der Waals surface area contributed by atoms with Crippen LogP contribution in [-0.2, 0) is 0 Å². The summed E-state index contributed by atoms with van der Waals surface area (Å²) in [5.74, 6) is 1.62. The Labute approximate surface area is 130 Å². The molecule has 0 saturated heterocycles. The Morgan fingerprint density at radius 3 is 2.59 bits per heavy atom. The van der Waals surface area contributed by atoms with Crippen molar-refractivity contribution in [1.29, 1.82) is 0 Å². The van der Waals surface area contributed by atoms with Crippen molar-refractivity contribution in [2.24, 2.45) is 0 Å². The minimum absolute atomic E-state index is 0.311. The standard InChI is InChI=1S/C18H21N3O/c1-11(2)21-16-8-5-12(3)9-15(16)20-18(21)13-6-7-14(19)17(10-13)22-4/h5-11H,19H2,1-4H3. The molecular formula is C18H21N3O. The maximum atomic E-state index is 5.92. The molecule has 1 aromatic heterocycles. The smallest absolute Gasteiger partial charge is 0.142 e. The van der Waals surface area contributed by atoms with Crippen LogP contribution in [0.4, 0.5) is 5.69 Å². The van der Waals surface area contributed by atoms with E-state index in [9.17, 15) is 0 Å². The SMILES string of the molecule is COc1cc(-c2nc3cc(C)ccc3n2C(C)C)ccc1N. The molecule has 4 heteroatoms. The highest BCUT2D eigenvalue weighted by Crippen LogP contribution is 2.32. The van der Waals surface area contributed by atoms with Crippen LogP contribution in [-0.4, -0.2) is 16.7 Å². The highest BCUT2D eigenvalue weighted by molar-refractivity contribution is 5.82. The molecule has 0 unspecified atom stereocenters. The summed E-state index contributed by atoms with van der Waals surface area (Å²) in [6.45, 7) is 6.41. The highest BCUT2D eigenvalue weighted by Gasteiger charge is 2.16. The van der Waals surface area contributed by atoms with Crippen LogP contribution in [0.2, 0.25) is 0 Å². The van der Waals surface area contributed by atoms with Gasteiger partial charge in [0.1, 0.15) is 11.6 Å². The number of aryl methyl sites for hydroxylation is 1. The average Bonchev–Trinajstić information content (AvgIpc) is 2.86. The number of hydrogen-bond donors (Lipinski definition) is 1. The lowest BCUT2D eigenvalue weighted by atomic mass is 10.1. The van der Waals surface area contributed by atoms with Gasteiger partial charge in [-0.2, -0.15) is 0 Å². The number of anilines is 1. The Hall–Kier alpha value is -2.49. The van der Waals surface area contributed by atoms with Crippen molar-refractivity contribution >= 4 is 16.7 Å². The third-order valence-corrected chi connectivity index (χ3v) is 3.85. The van der Waals surface area contributed by atoms with Crippen LogP contribution < -0.4 is 10.5 Å². The molecule has 3 aromatic rings. The minimum Gasteiger partial charge on any atom is -0.495 e. The fraction of sp³-hybridized carbons (Fsp3) is 0.278. The van der Waals surface area contributed by atoms with Gasteiger partial charge in [0.2, 0.25) is 0 Å². The number of fused-ring (bicyclic) bond motifs is 1. The molecule has 2 aromatic carbocycles. The number of imidazole rings is 1. The zero-order chi connectivity index (χ0) is 15.9. The summed E-state index contributed by atoms with van der Waals surface area (Å²) in [5, 5.41) is 0. The number of nitrogens with two attached hydrogens (primary N) is 1. The summed E-state index contributed by atoms with van der Waals surface area (Å²) in [5.41, 5.74) is 10.9. The Kier molecular flexibility index (Phi) is 3.53. The first-order chi connectivity index (χ1) is 10.5. The van der Waals surface area contributed by atoms with E-state index in [1.807, 2.05) is 18.2 Å². The van der Waals surface area contributed by atoms with Crippen molar-refractivity contribution in [3.05, 3.63) is 42.0 Å². The van der Waals surface area contributed by atoms with Crippen LogP contribution >= 0.6 is 0 Å². The van der Waals surface area contributed by atoms with Gasteiger partial charge < -0.3 is 15.0 Å². The van der Waals surface area contributed by atoms with E-state index in [0.717, 1.165) is 22.4 Å². The first-order valence-corrected chi connectivity index (χ1v) is 7.43. The zero-order valence-corrected chi connectivity index (χ0v) is 13.4. The molecule has 1 heterocycles. The molecular weight excluding hydrogens is 274 g/mol. The van der Waals surface area contributed by atoms with Gasteiger partial charge in [-0.05, 0) is 56.7 Å². The predicted octanol–water partition coefficient (Wildman–Crippen LogP) is 4.18. The summed E-state index contributed by atoms with van der Waals surface area (Å²) in [6, 6.07) is 12.5. The van der Waals surface area contributed by atoms with E-state index >= 15 is 0 Å². The second-order valence-electron chi connectivity index (χ2n) is 5.85. The van der Waals surface area contributed by atoms with Crippen molar-refractivity contribution in [2.45, 2.75) is 26.8 Å². The maximum absolute atomic E-state index is 5.92. The molecule has 0 atom stereocenters. The van der Waals surface area contributed by atoms with Crippen LogP contribution in [0.15, 0.2) is 36.4 Å². The van der Waals surface area contributed by atoms with Crippen LogP contribution in [0.5, 0.6) is 5.75 Å². The molecule has 0 spiro atoms. The number of rotatable bonds is 3. The van der Waals surface area contributed by atoms with Gasteiger partial charge in [-0.3, -0.25) is 0 Å². The maximum Gasteiger partial charge on any atom is 0.142 e. The number of benzene rings is 2. The number of hydrogen-bond acceptors (Lipinski definition) is 3. The molecule has 0 radical (unpaired) electrons. The quantitative estimate of drug-likeness (QED) is 0.737. The molecule has 0 saturated carbocycles. The van der Waals surface area contributed by atoms with Crippen molar-refractivity contribution in [1.82, 2.24) is 9.55 Å². The van der Waals surface area contributed by atoms with Gasteiger partial charge in [0, 0.05) is 11.6 Å². The minimum atomic E-state index is 0.311. The summed E-state index contributed by atoms with van der Waals surface area (Å²) < 4.78 is 7.59. The monoisotopic (exact) mass is 295 g/mol. The van der Waals surface area contributed by atoms with E-state index in [2.05, 4.69) is 43.5 Å². The molecule has 114 valence electrons. The van der Waals surface area contributed by atoms with Gasteiger partial charge >= 0.3 is 0 Å². The van der Waals surface area contributed by atoms with Gasteiger partial charge in [0.05, 0.1) is 23.8 Å². The normalized spacial score (nSPS) is 11.3. The van der Waals surface area contributed by atoms with Gasteiger partial charge in [-0.15, -0.1) is 0 Å². The van der Waals surface area contributed by atoms with Crippen LogP contribution in [0, 0.1) is 6.92 Å². The molecule has 0 fully saturated rings. The van der Waals surface area contributed by atoms with Crippen molar-refractivity contribution in [3.63, 3.8) is 0 Å². The molecule has 2 N–H and O–H groups in total. The summed E-state index contributed by atoms with van der Waals surface area (Å²) in [4.78, 5) is 4.84. The third-order valence-electron chi connectivity index (χ3n) is 3.85. The lowest BCUT2D eigenvalue weighted by Crippen LogP contribution is -2.03. The second kappa shape index (κ2) is 5.37. The van der Waals surface area contributed by atoms with E-state index < -0.39 is 0 Å².